The van der Waals surface area contributed by atoms with Crippen LogP contribution >= 0.6 is 0 Å². The third kappa shape index (κ3) is 1.84. The molecule has 1 aliphatic heterocycles. The Balaban J connectivity index is 1.80. The standard InChI is InChI=1S/C3H6O4/c4-1-2-5-3-6-7-3/h3-4H,1-2H2. The van der Waals surface area contributed by atoms with Crippen LogP contribution in [0, 0.1) is 0 Å². The molecule has 42 valence electrons. The number of hydrogen-bond acceptors (Lipinski definition) is 4. The lowest BCUT2D eigenvalue weighted by Gasteiger charge is -1.87. The Labute approximate surface area is 40.5 Å². The van der Waals surface area contributed by atoms with Crippen LogP contribution in [0.5, 0.6) is 0 Å². The molecule has 7 heavy (non-hydrogen) atoms. The maximum absolute atomic E-state index is 8.11. The second-order valence-corrected chi connectivity index (χ2v) is 1.08. The lowest BCUT2D eigenvalue weighted by Crippen LogP contribution is -2.00. The summed E-state index contributed by atoms with van der Waals surface area (Å²) in [5.74, 6) is 0. The van der Waals surface area contributed by atoms with E-state index in [-0.39, 0.29) is 13.2 Å². The first-order valence-corrected chi connectivity index (χ1v) is 1.98. The van der Waals surface area contributed by atoms with Crippen LogP contribution in [0.15, 0.2) is 0 Å². The summed E-state index contributed by atoms with van der Waals surface area (Å²) in [6, 6.07) is 0. The SMILES string of the molecule is OCCOC1OO1. The van der Waals surface area contributed by atoms with Crippen molar-refractivity contribution in [3.8, 4) is 0 Å². The van der Waals surface area contributed by atoms with Crippen LogP contribution in [-0.2, 0) is 14.5 Å². The smallest absolute Gasteiger partial charge is 0.329 e. The van der Waals surface area contributed by atoms with E-state index in [1.165, 1.54) is 0 Å². The Morgan fingerprint density at radius 3 is 2.71 bits per heavy atom. The van der Waals surface area contributed by atoms with Gasteiger partial charge in [0.05, 0.1) is 13.2 Å². The van der Waals surface area contributed by atoms with Crippen molar-refractivity contribution in [2.75, 3.05) is 13.2 Å². The van der Waals surface area contributed by atoms with Gasteiger partial charge in [-0.3, -0.25) is 0 Å². The highest BCUT2D eigenvalue weighted by atomic mass is 17.4. The topological polar surface area (TPSA) is 54.5 Å². The number of aliphatic hydroxyl groups is 1. The third-order valence-corrected chi connectivity index (χ3v) is 0.520. The van der Waals surface area contributed by atoms with Crippen molar-refractivity contribution in [2.24, 2.45) is 0 Å². The van der Waals surface area contributed by atoms with Gasteiger partial charge in [0.15, 0.2) is 0 Å². The molecular weight excluding hydrogens is 100 g/mol. The molecule has 0 bridgehead atoms. The molecule has 0 amide bonds. The van der Waals surface area contributed by atoms with E-state index in [0.29, 0.717) is 0 Å². The molecule has 0 aromatic rings. The van der Waals surface area contributed by atoms with Crippen molar-refractivity contribution in [3.05, 3.63) is 0 Å². The van der Waals surface area contributed by atoms with Gasteiger partial charge in [0, 0.05) is 0 Å². The summed E-state index contributed by atoms with van der Waals surface area (Å²) in [6.45, 7) is -0.236. The van der Waals surface area contributed by atoms with Gasteiger partial charge >= 0.3 is 6.48 Å². The Morgan fingerprint density at radius 2 is 2.29 bits per heavy atom. The number of rotatable bonds is 3. The predicted molar refractivity (Wildman–Crippen MR) is 19.0 cm³/mol. The van der Waals surface area contributed by atoms with Gasteiger partial charge in [0.25, 0.3) is 0 Å². The minimum absolute atomic E-state index is 0.00319. The fourth-order valence-corrected chi connectivity index (χ4v) is 0.227. The average molecular weight is 106 g/mol. The second kappa shape index (κ2) is 2.23. The van der Waals surface area contributed by atoms with Gasteiger partial charge in [-0.15, -0.1) is 0 Å². The Kier molecular flexibility index (Phi) is 1.59. The molecule has 1 N–H and O–H groups in total. The Hall–Kier alpha value is -0.160. The first kappa shape index (κ1) is 4.99. The molecule has 0 aromatic carbocycles. The summed E-state index contributed by atoms with van der Waals surface area (Å²) in [5, 5.41) is 8.11. The lowest BCUT2D eigenvalue weighted by atomic mass is 10.8. The van der Waals surface area contributed by atoms with Gasteiger partial charge in [-0.2, -0.15) is 9.78 Å². The number of ether oxygens (including phenoxy) is 1. The molecule has 0 aromatic heterocycles. The minimum Gasteiger partial charge on any atom is -0.394 e. The lowest BCUT2D eigenvalue weighted by molar-refractivity contribution is 0.0237. The Bertz CT molecular complexity index is 50.9. The zero-order valence-electron chi connectivity index (χ0n) is 3.66. The van der Waals surface area contributed by atoms with Crippen molar-refractivity contribution in [3.63, 3.8) is 0 Å². The molecule has 1 fully saturated rings. The van der Waals surface area contributed by atoms with Crippen molar-refractivity contribution >= 4 is 0 Å². The molecule has 4 nitrogen and oxygen atoms in total. The van der Waals surface area contributed by atoms with Gasteiger partial charge in [0.1, 0.15) is 0 Å². The molecule has 0 atom stereocenters. The minimum atomic E-state index is -0.507. The van der Waals surface area contributed by atoms with Crippen LogP contribution in [0.1, 0.15) is 0 Å². The summed E-state index contributed by atoms with van der Waals surface area (Å²) in [5.41, 5.74) is 0. The predicted octanol–water partition coefficient (Wildman–Crippen LogP) is -0.759. The van der Waals surface area contributed by atoms with E-state index in [2.05, 4.69) is 14.5 Å². The monoisotopic (exact) mass is 106 g/mol. The highest BCUT2D eigenvalue weighted by Crippen LogP contribution is 2.11. The van der Waals surface area contributed by atoms with E-state index in [1.807, 2.05) is 0 Å². The summed E-state index contributed by atoms with van der Waals surface area (Å²) in [6.07, 6.45) is 0. The van der Waals surface area contributed by atoms with E-state index >= 15 is 0 Å². The fraction of sp³-hybridized carbons (Fsp3) is 1.00. The first-order chi connectivity index (χ1) is 3.43. The van der Waals surface area contributed by atoms with Crippen LogP contribution in [0.2, 0.25) is 0 Å². The molecule has 1 rings (SSSR count). The van der Waals surface area contributed by atoms with Crippen LogP contribution < -0.4 is 0 Å². The quantitative estimate of drug-likeness (QED) is 0.379. The van der Waals surface area contributed by atoms with Crippen molar-refractivity contribution in [1.29, 1.82) is 0 Å². The maximum Gasteiger partial charge on any atom is 0.329 e. The normalized spacial score (nSPS) is 20.1. The van der Waals surface area contributed by atoms with E-state index < -0.39 is 6.48 Å². The van der Waals surface area contributed by atoms with E-state index in [0.717, 1.165) is 0 Å². The fourth-order valence-electron chi connectivity index (χ4n) is 0.227. The largest absolute Gasteiger partial charge is 0.394 e. The summed E-state index contributed by atoms with van der Waals surface area (Å²) in [7, 11) is 0. The summed E-state index contributed by atoms with van der Waals surface area (Å²) < 4.78 is 4.61. The van der Waals surface area contributed by atoms with Crippen molar-refractivity contribution < 1.29 is 19.6 Å². The highest BCUT2D eigenvalue weighted by Gasteiger charge is 2.25. The van der Waals surface area contributed by atoms with Gasteiger partial charge in [-0.1, -0.05) is 0 Å². The van der Waals surface area contributed by atoms with Gasteiger partial charge in [-0.25, -0.2) is 0 Å². The zero-order chi connectivity index (χ0) is 5.11. The van der Waals surface area contributed by atoms with Gasteiger partial charge in [-0.05, 0) is 0 Å². The molecular formula is C3H6O4. The first-order valence-electron chi connectivity index (χ1n) is 1.98. The summed E-state index contributed by atoms with van der Waals surface area (Å²) in [4.78, 5) is 8.35. The van der Waals surface area contributed by atoms with Crippen LogP contribution in [-0.4, -0.2) is 24.8 Å². The van der Waals surface area contributed by atoms with Gasteiger partial charge in [0.2, 0.25) is 0 Å². The number of aliphatic hydroxyl groups excluding tert-OH is 1. The average Bonchev–Trinajstić information content (AvgIpc) is 2.42. The van der Waals surface area contributed by atoms with E-state index in [9.17, 15) is 0 Å². The molecule has 0 aliphatic carbocycles. The molecule has 0 radical (unpaired) electrons. The molecule has 0 saturated carbocycles. The zero-order valence-corrected chi connectivity index (χ0v) is 3.66. The second-order valence-electron chi connectivity index (χ2n) is 1.08. The van der Waals surface area contributed by atoms with E-state index in [4.69, 9.17) is 5.11 Å². The van der Waals surface area contributed by atoms with Crippen molar-refractivity contribution in [1.82, 2.24) is 0 Å². The molecule has 1 saturated heterocycles. The molecule has 4 heteroatoms. The number of hydrogen-bond donors (Lipinski definition) is 1. The van der Waals surface area contributed by atoms with Crippen LogP contribution in [0.25, 0.3) is 0 Å². The van der Waals surface area contributed by atoms with Crippen LogP contribution in [0.3, 0.4) is 0 Å². The van der Waals surface area contributed by atoms with Crippen LogP contribution in [0.4, 0.5) is 0 Å². The maximum atomic E-state index is 8.11. The summed E-state index contributed by atoms with van der Waals surface area (Å²) >= 11 is 0. The highest BCUT2D eigenvalue weighted by molar-refractivity contribution is 4.25. The van der Waals surface area contributed by atoms with Crippen molar-refractivity contribution in [2.45, 2.75) is 6.48 Å². The molecule has 1 heterocycles. The van der Waals surface area contributed by atoms with E-state index in [1.54, 1.807) is 0 Å². The molecule has 1 aliphatic rings. The van der Waals surface area contributed by atoms with Gasteiger partial charge < -0.3 is 9.84 Å². The molecule has 0 unspecified atom stereocenters. The molecule has 0 spiro atoms. The Morgan fingerprint density at radius 1 is 1.57 bits per heavy atom. The third-order valence-electron chi connectivity index (χ3n) is 0.520.